The molecule has 28 heavy (non-hydrogen) atoms. The van der Waals surface area contributed by atoms with Gasteiger partial charge >= 0.3 is 0 Å². The zero-order chi connectivity index (χ0) is 20.9. The number of hydrogen-bond acceptors (Lipinski definition) is 4. The molecule has 152 valence electrons. The number of aryl methyl sites for hydroxylation is 2. The van der Waals surface area contributed by atoms with Crippen LogP contribution in [0.3, 0.4) is 0 Å². The smallest absolute Gasteiger partial charge is 0.243 e. The Hall–Kier alpha value is -2.45. The lowest BCUT2D eigenvalue weighted by atomic mass is 10.1. The molecule has 0 heterocycles. The largest absolute Gasteiger partial charge is 0.492 e. The molecule has 2 rings (SSSR count). The second-order valence-electron chi connectivity index (χ2n) is 6.70. The summed E-state index contributed by atoms with van der Waals surface area (Å²) in [4.78, 5) is 13.7. The predicted molar refractivity (Wildman–Crippen MR) is 105 cm³/mol. The van der Waals surface area contributed by atoms with Crippen molar-refractivity contribution in [2.75, 3.05) is 33.8 Å². The van der Waals surface area contributed by atoms with E-state index in [0.717, 1.165) is 33.3 Å². The quantitative estimate of drug-likeness (QED) is 0.673. The number of likely N-dealkylation sites (N-methyl/N-ethyl adjacent to an activating group) is 2. The minimum absolute atomic E-state index is 0.0648. The van der Waals surface area contributed by atoms with Crippen molar-refractivity contribution in [3.05, 3.63) is 59.4 Å². The van der Waals surface area contributed by atoms with Crippen molar-refractivity contribution in [2.45, 2.75) is 18.7 Å². The monoisotopic (exact) mass is 408 g/mol. The van der Waals surface area contributed by atoms with E-state index in [1.54, 1.807) is 7.05 Å². The van der Waals surface area contributed by atoms with Crippen molar-refractivity contribution in [2.24, 2.45) is 0 Å². The molecule has 2 aromatic carbocycles. The summed E-state index contributed by atoms with van der Waals surface area (Å²) in [6, 6.07) is 10.4. The number of sulfonamides is 1. The van der Waals surface area contributed by atoms with Gasteiger partial charge in [0, 0.05) is 14.1 Å². The summed E-state index contributed by atoms with van der Waals surface area (Å²) in [5.41, 5.74) is 2.18. The van der Waals surface area contributed by atoms with Gasteiger partial charge in [-0.1, -0.05) is 6.07 Å². The first kappa shape index (κ1) is 21.8. The van der Waals surface area contributed by atoms with Crippen molar-refractivity contribution in [3.63, 3.8) is 0 Å². The highest BCUT2D eigenvalue weighted by atomic mass is 32.2. The first-order valence-corrected chi connectivity index (χ1v) is 10.2. The maximum Gasteiger partial charge on any atom is 0.243 e. The molecule has 0 radical (unpaired) electrons. The van der Waals surface area contributed by atoms with E-state index in [1.807, 2.05) is 32.0 Å². The van der Waals surface area contributed by atoms with Crippen LogP contribution in [0.25, 0.3) is 0 Å². The van der Waals surface area contributed by atoms with Gasteiger partial charge in [-0.3, -0.25) is 4.79 Å². The van der Waals surface area contributed by atoms with Gasteiger partial charge in [-0.25, -0.2) is 12.8 Å². The molecule has 8 heteroatoms. The van der Waals surface area contributed by atoms with Crippen molar-refractivity contribution < 1.29 is 22.3 Å². The molecule has 0 unspecified atom stereocenters. The highest BCUT2D eigenvalue weighted by Gasteiger charge is 2.24. The molecule has 0 spiro atoms. The maximum atomic E-state index is 13.0. The fraction of sp³-hybridized carbons (Fsp3) is 0.350. The second-order valence-corrected chi connectivity index (χ2v) is 8.75. The summed E-state index contributed by atoms with van der Waals surface area (Å²) < 4.78 is 44.6. The topological polar surface area (TPSA) is 66.9 Å². The lowest BCUT2D eigenvalue weighted by Crippen LogP contribution is -2.40. The Labute approximate surface area is 165 Å². The highest BCUT2D eigenvalue weighted by Crippen LogP contribution is 2.16. The molecule has 0 fully saturated rings. The molecule has 0 saturated carbocycles. The Morgan fingerprint density at radius 2 is 1.61 bits per heavy atom. The summed E-state index contributed by atoms with van der Waals surface area (Å²) in [5.74, 6) is -0.159. The van der Waals surface area contributed by atoms with Crippen LogP contribution < -0.4 is 4.74 Å². The molecule has 0 aromatic heterocycles. The molecule has 0 aliphatic carbocycles. The molecule has 0 atom stereocenters. The van der Waals surface area contributed by atoms with E-state index in [-0.39, 0.29) is 17.3 Å². The second kappa shape index (κ2) is 9.16. The Morgan fingerprint density at radius 1 is 1.04 bits per heavy atom. The SMILES string of the molecule is Cc1cc(C)cc(OCCN(C)C(=O)CN(C)S(=O)(=O)c2ccc(F)cc2)c1. The number of hydrogen-bond donors (Lipinski definition) is 0. The van der Waals surface area contributed by atoms with Gasteiger partial charge < -0.3 is 9.64 Å². The minimum Gasteiger partial charge on any atom is -0.492 e. The number of carbonyl (C=O) groups is 1. The van der Waals surface area contributed by atoms with Crippen molar-refractivity contribution in [3.8, 4) is 5.75 Å². The fourth-order valence-corrected chi connectivity index (χ4v) is 3.74. The summed E-state index contributed by atoms with van der Waals surface area (Å²) in [6.45, 7) is 4.25. The average molecular weight is 408 g/mol. The normalized spacial score (nSPS) is 11.5. The van der Waals surface area contributed by atoms with Gasteiger partial charge in [0.2, 0.25) is 15.9 Å². The van der Waals surface area contributed by atoms with E-state index in [4.69, 9.17) is 4.74 Å². The van der Waals surface area contributed by atoms with Gasteiger partial charge in [0.05, 0.1) is 18.0 Å². The van der Waals surface area contributed by atoms with Crippen LogP contribution in [-0.2, 0) is 14.8 Å². The lowest BCUT2D eigenvalue weighted by Gasteiger charge is -2.22. The molecule has 1 amide bonds. The molecule has 6 nitrogen and oxygen atoms in total. The van der Waals surface area contributed by atoms with Crippen molar-refractivity contribution in [1.82, 2.24) is 9.21 Å². The minimum atomic E-state index is -3.87. The summed E-state index contributed by atoms with van der Waals surface area (Å²) in [6.07, 6.45) is 0. The summed E-state index contributed by atoms with van der Waals surface area (Å²) in [7, 11) is -0.965. The van der Waals surface area contributed by atoms with Crippen LogP contribution in [-0.4, -0.2) is 57.3 Å². The highest BCUT2D eigenvalue weighted by molar-refractivity contribution is 7.89. The van der Waals surface area contributed by atoms with E-state index in [1.165, 1.54) is 24.1 Å². The van der Waals surface area contributed by atoms with Crippen LogP contribution in [0, 0.1) is 19.7 Å². The molecule has 0 bridgehead atoms. The Kier molecular flexibility index (Phi) is 7.15. The molecule has 0 aliphatic rings. The number of ether oxygens (including phenoxy) is 1. The number of amides is 1. The third-order valence-corrected chi connectivity index (χ3v) is 6.01. The van der Waals surface area contributed by atoms with Crippen molar-refractivity contribution in [1.29, 1.82) is 0 Å². The first-order chi connectivity index (χ1) is 13.1. The third-order valence-electron chi connectivity index (χ3n) is 4.20. The number of benzene rings is 2. The third kappa shape index (κ3) is 5.77. The number of nitrogens with zero attached hydrogens (tertiary/aromatic N) is 2. The van der Waals surface area contributed by atoms with Crippen molar-refractivity contribution >= 4 is 15.9 Å². The molecule has 0 N–H and O–H groups in total. The predicted octanol–water partition coefficient (Wildman–Crippen LogP) is 2.60. The van der Waals surface area contributed by atoms with Crippen LogP contribution in [0.2, 0.25) is 0 Å². The number of rotatable bonds is 8. The van der Waals surface area contributed by atoms with E-state index in [9.17, 15) is 17.6 Å². The Bertz CT molecular complexity index is 909. The van der Waals surface area contributed by atoms with Gasteiger partial charge in [0.1, 0.15) is 18.2 Å². The van der Waals surface area contributed by atoms with Gasteiger partial charge in [0.15, 0.2) is 0 Å². The lowest BCUT2D eigenvalue weighted by molar-refractivity contribution is -0.130. The van der Waals surface area contributed by atoms with E-state index in [2.05, 4.69) is 0 Å². The van der Waals surface area contributed by atoms with Gasteiger partial charge in [-0.2, -0.15) is 4.31 Å². The number of halogens is 1. The van der Waals surface area contributed by atoms with Crippen LogP contribution >= 0.6 is 0 Å². The first-order valence-electron chi connectivity index (χ1n) is 8.76. The molecule has 2 aromatic rings. The van der Waals surface area contributed by atoms with Crippen LogP contribution in [0.15, 0.2) is 47.4 Å². The Balaban J connectivity index is 1.89. The standard InChI is InChI=1S/C20H25FN2O4S/c1-15-11-16(2)13-18(12-15)27-10-9-22(3)20(24)14-23(4)28(25,26)19-7-5-17(21)6-8-19/h5-8,11-13H,9-10,14H2,1-4H3. The van der Waals surface area contributed by atoms with Crippen LogP contribution in [0.1, 0.15) is 11.1 Å². The average Bonchev–Trinajstić information content (AvgIpc) is 2.61. The maximum absolute atomic E-state index is 13.0. The zero-order valence-electron chi connectivity index (χ0n) is 16.5. The van der Waals surface area contributed by atoms with Gasteiger partial charge in [-0.15, -0.1) is 0 Å². The van der Waals surface area contributed by atoms with E-state index >= 15 is 0 Å². The molecule has 0 saturated heterocycles. The zero-order valence-corrected chi connectivity index (χ0v) is 17.3. The molecular formula is C20H25FN2O4S. The van der Waals surface area contributed by atoms with Crippen LogP contribution in [0.4, 0.5) is 4.39 Å². The molecule has 0 aliphatic heterocycles. The molecular weight excluding hydrogens is 383 g/mol. The Morgan fingerprint density at radius 3 is 2.18 bits per heavy atom. The van der Waals surface area contributed by atoms with E-state index in [0.29, 0.717) is 13.2 Å². The van der Waals surface area contributed by atoms with E-state index < -0.39 is 15.8 Å². The summed E-state index contributed by atoms with van der Waals surface area (Å²) in [5, 5.41) is 0. The summed E-state index contributed by atoms with van der Waals surface area (Å²) >= 11 is 0. The van der Waals surface area contributed by atoms with Gasteiger partial charge in [0.25, 0.3) is 0 Å². The van der Waals surface area contributed by atoms with Crippen LogP contribution in [0.5, 0.6) is 5.75 Å². The van der Waals surface area contributed by atoms with Gasteiger partial charge in [-0.05, 0) is 61.4 Å². The fourth-order valence-electron chi connectivity index (χ4n) is 2.62. The number of carbonyl (C=O) groups excluding carboxylic acids is 1.